The number of ether oxygens (including phenoxy) is 3. The van der Waals surface area contributed by atoms with E-state index in [1.54, 1.807) is 0 Å². The average molecular weight is 562 g/mol. The number of nitro groups is 2. The number of β-lactam (4-membered cyclic amide) rings is 1. The molecule has 2 aromatic carbocycles. The molecule has 0 saturated carbocycles. The Kier molecular flexibility index (Phi) is 7.87. The van der Waals surface area contributed by atoms with E-state index in [0.717, 1.165) is 11.8 Å². The van der Waals surface area contributed by atoms with Crippen LogP contribution in [-0.4, -0.2) is 54.5 Å². The fourth-order valence-electron chi connectivity index (χ4n) is 3.92. The Labute approximate surface area is 224 Å². The molecule has 3 unspecified atom stereocenters. The van der Waals surface area contributed by atoms with E-state index in [4.69, 9.17) is 26.4 Å². The number of esters is 1. The second kappa shape index (κ2) is 11.1. The number of carbonyl (C=O) groups excluding carboxylic acids is 3. The summed E-state index contributed by atoms with van der Waals surface area (Å²) in [5.41, 5.74) is 0.843. The predicted octanol–water partition coefficient (Wildman–Crippen LogP) is 3.52. The number of non-ortho nitro benzene ring substituents is 2. The van der Waals surface area contributed by atoms with E-state index in [0.29, 0.717) is 11.1 Å². The van der Waals surface area contributed by atoms with E-state index < -0.39 is 51.3 Å². The number of rotatable bonds is 9. The van der Waals surface area contributed by atoms with Crippen LogP contribution in [0, 0.1) is 26.1 Å². The summed E-state index contributed by atoms with van der Waals surface area (Å²) < 4.78 is 15.8. The number of thioether (sulfide) groups is 1. The zero-order chi connectivity index (χ0) is 27.6. The van der Waals surface area contributed by atoms with E-state index in [1.807, 2.05) is 0 Å². The highest BCUT2D eigenvalue weighted by atomic mass is 32.2. The molecule has 2 aliphatic rings. The first kappa shape index (κ1) is 26.9. The van der Waals surface area contributed by atoms with Gasteiger partial charge in [0.1, 0.15) is 25.2 Å². The smallest absolute Gasteiger partial charge is 0.459 e. The lowest BCUT2D eigenvalue weighted by molar-refractivity contribution is -0.385. The molecule has 13 nitrogen and oxygen atoms in total. The van der Waals surface area contributed by atoms with Crippen molar-refractivity contribution in [2.45, 2.75) is 37.7 Å². The van der Waals surface area contributed by atoms with Crippen molar-refractivity contribution in [1.29, 1.82) is 0 Å². The predicted molar refractivity (Wildman–Crippen MR) is 135 cm³/mol. The topological polar surface area (TPSA) is 168 Å². The van der Waals surface area contributed by atoms with Crippen LogP contribution < -0.4 is 0 Å². The summed E-state index contributed by atoms with van der Waals surface area (Å²) in [5, 5.41) is 21.0. The fraction of sp³-hybridized carbons (Fsp3) is 0.304. The van der Waals surface area contributed by atoms with Crippen molar-refractivity contribution in [2.24, 2.45) is 5.92 Å². The zero-order valence-electron chi connectivity index (χ0n) is 19.6. The van der Waals surface area contributed by atoms with E-state index >= 15 is 0 Å². The standard InChI is InChI=1S/C23H19N3O10S2/c1-12(36-23(29)35-11-14-4-8-16(9-5-14)26(32)33)17-19(27)24-18(22(37)38-20(17)24)21(28)34-10-13-2-6-15(7-3-13)25(30)31/h2-9,12,17-18,20H,10-11H2,1H3/t12?,17?,18?,20-/m1/s1. The van der Waals surface area contributed by atoms with Gasteiger partial charge in [-0.3, -0.25) is 25.0 Å². The van der Waals surface area contributed by atoms with Gasteiger partial charge in [-0.25, -0.2) is 9.59 Å². The van der Waals surface area contributed by atoms with Crippen molar-refractivity contribution in [2.75, 3.05) is 0 Å². The summed E-state index contributed by atoms with van der Waals surface area (Å²) in [6.07, 6.45) is -1.90. The minimum absolute atomic E-state index is 0.0972. The number of nitrogens with zero attached hydrogens (tertiary/aromatic N) is 3. The number of carbonyl (C=O) groups is 3. The summed E-state index contributed by atoms with van der Waals surface area (Å²) in [7, 11) is 0. The number of hydrogen-bond donors (Lipinski definition) is 0. The molecular formula is C23H19N3O10S2. The van der Waals surface area contributed by atoms with Gasteiger partial charge in [-0.05, 0) is 42.3 Å². The molecule has 198 valence electrons. The van der Waals surface area contributed by atoms with E-state index in [1.165, 1.54) is 60.4 Å². The number of hydrogen-bond acceptors (Lipinski definition) is 12. The molecule has 0 bridgehead atoms. The molecule has 0 aromatic heterocycles. The lowest BCUT2D eigenvalue weighted by atomic mass is 9.91. The molecule has 0 spiro atoms. The van der Waals surface area contributed by atoms with Crippen LogP contribution in [0.5, 0.6) is 0 Å². The van der Waals surface area contributed by atoms with Crippen molar-refractivity contribution in [3.8, 4) is 0 Å². The van der Waals surface area contributed by atoms with Crippen LogP contribution in [0.1, 0.15) is 18.1 Å². The minimum atomic E-state index is -1.08. The van der Waals surface area contributed by atoms with Gasteiger partial charge in [-0.15, -0.1) is 0 Å². The van der Waals surface area contributed by atoms with Crippen LogP contribution in [0.2, 0.25) is 0 Å². The summed E-state index contributed by atoms with van der Waals surface area (Å²) >= 11 is 6.44. The molecule has 4 rings (SSSR count). The Balaban J connectivity index is 1.28. The second-order valence-corrected chi connectivity index (χ2v) is 10.2. The first-order valence-electron chi connectivity index (χ1n) is 11.1. The highest BCUT2D eigenvalue weighted by molar-refractivity contribution is 8.24. The van der Waals surface area contributed by atoms with Crippen molar-refractivity contribution < 1.29 is 38.4 Å². The molecule has 15 heteroatoms. The third-order valence-electron chi connectivity index (χ3n) is 5.90. The molecule has 0 aliphatic carbocycles. The van der Waals surface area contributed by atoms with E-state index in [2.05, 4.69) is 0 Å². The van der Waals surface area contributed by atoms with E-state index in [9.17, 15) is 34.6 Å². The quantitative estimate of drug-likeness (QED) is 0.144. The van der Waals surface area contributed by atoms with Gasteiger partial charge in [0.15, 0.2) is 6.04 Å². The largest absolute Gasteiger partial charge is 0.508 e. The molecule has 2 aromatic rings. The van der Waals surface area contributed by atoms with Gasteiger partial charge >= 0.3 is 12.1 Å². The van der Waals surface area contributed by atoms with Crippen molar-refractivity contribution in [3.63, 3.8) is 0 Å². The fourth-order valence-corrected chi connectivity index (χ4v) is 5.82. The Morgan fingerprint density at radius 1 is 0.974 bits per heavy atom. The number of nitro benzene ring substituents is 2. The summed E-state index contributed by atoms with van der Waals surface area (Å²) in [6, 6.07) is 9.86. The number of amides is 1. The molecule has 38 heavy (non-hydrogen) atoms. The second-order valence-electron chi connectivity index (χ2n) is 8.32. The zero-order valence-corrected chi connectivity index (χ0v) is 21.2. The van der Waals surface area contributed by atoms with Crippen molar-refractivity contribution in [3.05, 3.63) is 79.9 Å². The maximum atomic E-state index is 12.9. The maximum Gasteiger partial charge on any atom is 0.508 e. The first-order chi connectivity index (χ1) is 18.1. The summed E-state index contributed by atoms with van der Waals surface area (Å²) in [5.74, 6) is -1.92. The van der Waals surface area contributed by atoms with Gasteiger partial charge in [0.25, 0.3) is 11.4 Å². The Bertz CT molecular complexity index is 1300. The van der Waals surface area contributed by atoms with Crippen LogP contribution in [0.25, 0.3) is 0 Å². The molecule has 2 aliphatic heterocycles. The number of thiocarbonyl (C=S) groups is 1. The Hall–Kier alpha value is -4.11. The molecule has 4 atom stereocenters. The first-order valence-corrected chi connectivity index (χ1v) is 12.3. The van der Waals surface area contributed by atoms with Crippen LogP contribution in [0.15, 0.2) is 48.5 Å². The van der Waals surface area contributed by atoms with Crippen LogP contribution in [-0.2, 0) is 37.0 Å². The van der Waals surface area contributed by atoms with E-state index in [-0.39, 0.29) is 28.8 Å². The molecule has 1 amide bonds. The van der Waals surface area contributed by atoms with Crippen LogP contribution in [0.3, 0.4) is 0 Å². The summed E-state index contributed by atoms with van der Waals surface area (Å²) in [4.78, 5) is 59.4. The van der Waals surface area contributed by atoms with Gasteiger partial charge in [0.05, 0.1) is 19.4 Å². The lowest BCUT2D eigenvalue weighted by Crippen LogP contribution is -2.64. The van der Waals surface area contributed by atoms with Gasteiger partial charge in [0.2, 0.25) is 5.91 Å². The number of fused-ring (bicyclic) bond motifs is 1. The minimum Gasteiger partial charge on any atom is -0.459 e. The molecule has 2 fully saturated rings. The SMILES string of the molecule is CC(OC(=O)OCc1ccc([N+](=O)[O-])cc1)C1C(=O)N2C(C(=O)OCc3ccc([N+](=O)[O-])cc3)C(=S)S[C@H]12. The normalized spacial score (nSPS) is 20.7. The third kappa shape index (κ3) is 5.57. The van der Waals surface area contributed by atoms with Gasteiger partial charge in [-0.1, -0.05) is 24.0 Å². The van der Waals surface area contributed by atoms with Crippen molar-refractivity contribution in [1.82, 2.24) is 4.90 Å². The monoisotopic (exact) mass is 561 g/mol. The Morgan fingerprint density at radius 2 is 1.47 bits per heavy atom. The van der Waals surface area contributed by atoms with Crippen LogP contribution >= 0.6 is 24.0 Å². The Morgan fingerprint density at radius 3 is 1.97 bits per heavy atom. The third-order valence-corrected chi connectivity index (χ3v) is 7.63. The molecule has 0 N–H and O–H groups in total. The molecular weight excluding hydrogens is 542 g/mol. The molecule has 0 radical (unpaired) electrons. The average Bonchev–Trinajstić information content (AvgIpc) is 3.18. The lowest BCUT2D eigenvalue weighted by Gasteiger charge is -2.45. The maximum absolute atomic E-state index is 12.9. The van der Waals surface area contributed by atoms with Crippen LogP contribution in [0.4, 0.5) is 16.2 Å². The molecule has 2 heterocycles. The number of benzene rings is 2. The highest BCUT2D eigenvalue weighted by Crippen LogP contribution is 2.47. The molecule has 2 saturated heterocycles. The van der Waals surface area contributed by atoms with Gasteiger partial charge in [-0.2, -0.15) is 0 Å². The highest BCUT2D eigenvalue weighted by Gasteiger charge is 2.61. The summed E-state index contributed by atoms with van der Waals surface area (Å²) in [6.45, 7) is 1.19. The van der Waals surface area contributed by atoms with Gasteiger partial charge in [0, 0.05) is 24.3 Å². The van der Waals surface area contributed by atoms with Crippen molar-refractivity contribution >= 4 is 57.6 Å². The van der Waals surface area contributed by atoms with Gasteiger partial charge < -0.3 is 19.1 Å².